The molecule has 0 amide bonds. The van der Waals surface area contributed by atoms with Crippen molar-refractivity contribution >= 4 is 0 Å². The molecule has 1 N–H and O–H groups in total. The monoisotopic (exact) mass is 206 g/mol. The van der Waals surface area contributed by atoms with E-state index in [0.29, 0.717) is 5.92 Å². The van der Waals surface area contributed by atoms with E-state index < -0.39 is 0 Å². The summed E-state index contributed by atoms with van der Waals surface area (Å²) in [6.45, 7) is 0.0593. The van der Waals surface area contributed by atoms with Gasteiger partial charge in [-0.1, -0.05) is 18.9 Å². The molecule has 2 heteroatoms. The molecule has 0 atom stereocenters. The highest BCUT2D eigenvalue weighted by molar-refractivity contribution is 5.38. The lowest BCUT2D eigenvalue weighted by Crippen LogP contribution is -1.97. The number of ether oxygens (including phenoxy) is 1. The Bertz CT molecular complexity index is 327. The van der Waals surface area contributed by atoms with Gasteiger partial charge in [-0.25, -0.2) is 0 Å². The van der Waals surface area contributed by atoms with E-state index in [9.17, 15) is 5.11 Å². The van der Waals surface area contributed by atoms with Gasteiger partial charge in [0.2, 0.25) is 0 Å². The van der Waals surface area contributed by atoms with Crippen molar-refractivity contribution in [2.75, 3.05) is 7.11 Å². The highest BCUT2D eigenvalue weighted by Crippen LogP contribution is 2.35. The third-order valence-electron chi connectivity index (χ3n) is 3.30. The average molecular weight is 206 g/mol. The van der Waals surface area contributed by atoms with Gasteiger partial charge in [0.1, 0.15) is 5.75 Å². The van der Waals surface area contributed by atoms with Gasteiger partial charge in [-0.2, -0.15) is 0 Å². The summed E-state index contributed by atoms with van der Waals surface area (Å²) in [4.78, 5) is 0. The van der Waals surface area contributed by atoms with E-state index in [1.54, 1.807) is 7.11 Å². The standard InChI is InChI=1S/C13H18O2/c1-15-13-7-6-11(8-12(13)9-14)10-4-2-3-5-10/h6-8,10,14H,2-5,9H2,1H3. The Labute approximate surface area is 90.9 Å². The zero-order chi connectivity index (χ0) is 10.7. The Balaban J connectivity index is 2.25. The van der Waals surface area contributed by atoms with Crippen molar-refractivity contribution in [3.05, 3.63) is 29.3 Å². The first-order valence-electron chi connectivity index (χ1n) is 5.63. The van der Waals surface area contributed by atoms with Crippen molar-refractivity contribution in [2.45, 2.75) is 38.2 Å². The van der Waals surface area contributed by atoms with Gasteiger partial charge < -0.3 is 9.84 Å². The zero-order valence-electron chi connectivity index (χ0n) is 9.20. The molecule has 1 aliphatic carbocycles. The molecule has 0 spiro atoms. The van der Waals surface area contributed by atoms with Gasteiger partial charge in [0.25, 0.3) is 0 Å². The number of aliphatic hydroxyl groups excluding tert-OH is 1. The highest BCUT2D eigenvalue weighted by atomic mass is 16.5. The minimum atomic E-state index is 0.0593. The van der Waals surface area contributed by atoms with Crippen LogP contribution in [0.15, 0.2) is 18.2 Å². The first-order valence-corrected chi connectivity index (χ1v) is 5.63. The second kappa shape index (κ2) is 4.67. The molecule has 82 valence electrons. The van der Waals surface area contributed by atoms with E-state index in [2.05, 4.69) is 12.1 Å². The quantitative estimate of drug-likeness (QED) is 0.824. The summed E-state index contributed by atoms with van der Waals surface area (Å²) in [7, 11) is 1.64. The van der Waals surface area contributed by atoms with Gasteiger partial charge in [-0.3, -0.25) is 0 Å². The smallest absolute Gasteiger partial charge is 0.124 e. The molecule has 0 aliphatic heterocycles. The topological polar surface area (TPSA) is 29.5 Å². The Morgan fingerprint density at radius 1 is 1.33 bits per heavy atom. The first-order chi connectivity index (χ1) is 7.35. The number of methoxy groups -OCH3 is 1. The third kappa shape index (κ3) is 2.15. The fourth-order valence-corrected chi connectivity index (χ4v) is 2.44. The fraction of sp³-hybridized carbons (Fsp3) is 0.538. The highest BCUT2D eigenvalue weighted by Gasteiger charge is 2.17. The lowest BCUT2D eigenvalue weighted by atomic mass is 9.96. The van der Waals surface area contributed by atoms with Crippen LogP contribution in [-0.2, 0) is 6.61 Å². The maximum absolute atomic E-state index is 9.24. The van der Waals surface area contributed by atoms with Crippen LogP contribution in [0, 0.1) is 0 Å². The molecule has 1 fully saturated rings. The Hall–Kier alpha value is -1.02. The van der Waals surface area contributed by atoms with Crippen molar-refractivity contribution in [3.63, 3.8) is 0 Å². The van der Waals surface area contributed by atoms with E-state index in [4.69, 9.17) is 4.74 Å². The van der Waals surface area contributed by atoms with Crippen molar-refractivity contribution in [2.24, 2.45) is 0 Å². The summed E-state index contributed by atoms with van der Waals surface area (Å²) in [5.74, 6) is 1.49. The predicted octanol–water partition coefficient (Wildman–Crippen LogP) is 2.85. The molecule has 1 saturated carbocycles. The summed E-state index contributed by atoms with van der Waals surface area (Å²) in [6, 6.07) is 6.20. The van der Waals surface area contributed by atoms with Gasteiger partial charge >= 0.3 is 0 Å². The van der Waals surface area contributed by atoms with Gasteiger partial charge in [0.15, 0.2) is 0 Å². The molecule has 2 nitrogen and oxygen atoms in total. The van der Waals surface area contributed by atoms with E-state index in [1.807, 2.05) is 6.07 Å². The molecule has 1 aromatic carbocycles. The summed E-state index contributed by atoms with van der Waals surface area (Å²) >= 11 is 0. The second-order valence-electron chi connectivity index (χ2n) is 4.21. The van der Waals surface area contributed by atoms with Crippen LogP contribution >= 0.6 is 0 Å². The number of hydrogen-bond donors (Lipinski definition) is 1. The number of benzene rings is 1. The Morgan fingerprint density at radius 2 is 2.07 bits per heavy atom. The largest absolute Gasteiger partial charge is 0.496 e. The van der Waals surface area contributed by atoms with Crippen LogP contribution in [0.3, 0.4) is 0 Å². The SMILES string of the molecule is COc1ccc(C2CCCC2)cc1CO. The molecule has 1 aromatic rings. The van der Waals surface area contributed by atoms with Crippen LogP contribution in [-0.4, -0.2) is 12.2 Å². The number of rotatable bonds is 3. The number of hydrogen-bond acceptors (Lipinski definition) is 2. The van der Waals surface area contributed by atoms with Crippen LogP contribution in [0.1, 0.15) is 42.7 Å². The van der Waals surface area contributed by atoms with E-state index in [0.717, 1.165) is 11.3 Å². The Morgan fingerprint density at radius 3 is 2.67 bits per heavy atom. The van der Waals surface area contributed by atoms with Gasteiger partial charge in [-0.15, -0.1) is 0 Å². The number of aliphatic hydroxyl groups is 1. The molecule has 0 unspecified atom stereocenters. The van der Waals surface area contributed by atoms with Gasteiger partial charge in [0.05, 0.1) is 13.7 Å². The van der Waals surface area contributed by atoms with E-state index >= 15 is 0 Å². The Kier molecular flexibility index (Phi) is 3.27. The molecule has 1 aliphatic rings. The summed E-state index contributed by atoms with van der Waals surface area (Å²) in [5.41, 5.74) is 2.26. The summed E-state index contributed by atoms with van der Waals surface area (Å²) in [6.07, 6.45) is 5.25. The summed E-state index contributed by atoms with van der Waals surface area (Å²) < 4.78 is 5.19. The van der Waals surface area contributed by atoms with Crippen LogP contribution in [0.25, 0.3) is 0 Å². The van der Waals surface area contributed by atoms with Crippen LogP contribution in [0.4, 0.5) is 0 Å². The average Bonchev–Trinajstić information content (AvgIpc) is 2.81. The normalized spacial score (nSPS) is 16.9. The molecule has 0 heterocycles. The lowest BCUT2D eigenvalue weighted by Gasteiger charge is -2.13. The van der Waals surface area contributed by atoms with Crippen molar-refractivity contribution in [3.8, 4) is 5.75 Å². The fourth-order valence-electron chi connectivity index (χ4n) is 2.44. The first kappa shape index (κ1) is 10.5. The van der Waals surface area contributed by atoms with Gasteiger partial charge in [0, 0.05) is 5.56 Å². The van der Waals surface area contributed by atoms with Crippen molar-refractivity contribution < 1.29 is 9.84 Å². The van der Waals surface area contributed by atoms with Crippen molar-refractivity contribution in [1.29, 1.82) is 0 Å². The van der Waals surface area contributed by atoms with Crippen LogP contribution < -0.4 is 4.74 Å². The van der Waals surface area contributed by atoms with Gasteiger partial charge in [-0.05, 0) is 36.5 Å². The summed E-state index contributed by atoms with van der Waals surface area (Å²) in [5, 5.41) is 9.24. The molecule has 15 heavy (non-hydrogen) atoms. The molecule has 0 radical (unpaired) electrons. The minimum absolute atomic E-state index is 0.0593. The molecule has 0 aromatic heterocycles. The third-order valence-corrected chi connectivity index (χ3v) is 3.30. The molecule has 0 saturated heterocycles. The minimum Gasteiger partial charge on any atom is -0.496 e. The zero-order valence-corrected chi connectivity index (χ0v) is 9.20. The molecule has 2 rings (SSSR count). The van der Waals surface area contributed by atoms with Crippen molar-refractivity contribution in [1.82, 2.24) is 0 Å². The van der Waals surface area contributed by atoms with Crippen LogP contribution in [0.2, 0.25) is 0 Å². The molecular formula is C13H18O2. The van der Waals surface area contributed by atoms with E-state index in [-0.39, 0.29) is 6.61 Å². The lowest BCUT2D eigenvalue weighted by molar-refractivity contribution is 0.273. The van der Waals surface area contributed by atoms with Crippen LogP contribution in [0.5, 0.6) is 5.75 Å². The molecule has 0 bridgehead atoms. The second-order valence-corrected chi connectivity index (χ2v) is 4.21. The predicted molar refractivity (Wildman–Crippen MR) is 60.1 cm³/mol. The maximum atomic E-state index is 9.24. The molecular weight excluding hydrogens is 188 g/mol. The van der Waals surface area contributed by atoms with E-state index in [1.165, 1.54) is 31.2 Å². The maximum Gasteiger partial charge on any atom is 0.124 e.